The molecule has 0 spiro atoms. The van der Waals surface area contributed by atoms with Crippen LogP contribution in [0, 0.1) is 0 Å². The smallest absolute Gasteiger partial charge is 0.325 e. The number of rotatable bonds is 5. The lowest BCUT2D eigenvalue weighted by Gasteiger charge is -2.11. The Bertz CT molecular complexity index is 741. The second-order valence-electron chi connectivity index (χ2n) is 5.24. The lowest BCUT2D eigenvalue weighted by atomic mass is 10.2. The number of H-pyrrole nitrogens is 1. The van der Waals surface area contributed by atoms with Gasteiger partial charge in [-0.25, -0.2) is 0 Å². The summed E-state index contributed by atoms with van der Waals surface area (Å²) in [5, 5.41) is 23.1. The topological polar surface area (TPSA) is 97.7 Å². The van der Waals surface area contributed by atoms with Crippen molar-refractivity contribution in [1.29, 1.82) is 0 Å². The monoisotopic (exact) mass is 319 g/mol. The molecular formula is C15H17N3O3S. The first-order chi connectivity index (χ1) is 10.6. The number of para-hydroxylation sites is 1. The molecule has 1 aliphatic heterocycles. The Morgan fingerprint density at radius 1 is 1.59 bits per heavy atom. The molecule has 1 aromatic heterocycles. The van der Waals surface area contributed by atoms with E-state index in [1.54, 1.807) is 18.7 Å². The van der Waals surface area contributed by atoms with Crippen LogP contribution in [0.15, 0.2) is 29.3 Å². The zero-order valence-electron chi connectivity index (χ0n) is 12.0. The fraction of sp³-hybridized carbons (Fsp3) is 0.333. The number of thioether (sulfide) groups is 1. The Kier molecular flexibility index (Phi) is 4.08. The fourth-order valence-corrected chi connectivity index (χ4v) is 3.36. The number of aromatic amines is 1. The molecule has 0 amide bonds. The number of aliphatic carboxylic acids is 1. The van der Waals surface area contributed by atoms with E-state index in [1.807, 2.05) is 24.3 Å². The molecule has 1 aromatic carbocycles. The maximum absolute atomic E-state index is 11.0. The third-order valence-electron chi connectivity index (χ3n) is 3.55. The van der Waals surface area contributed by atoms with Crippen LogP contribution in [0.1, 0.15) is 12.6 Å². The highest BCUT2D eigenvalue weighted by atomic mass is 32.2. The number of aliphatic hydroxyl groups is 1. The molecule has 0 radical (unpaired) electrons. The van der Waals surface area contributed by atoms with Crippen molar-refractivity contribution in [2.45, 2.75) is 19.0 Å². The minimum atomic E-state index is -0.898. The molecule has 0 fully saturated rings. The minimum absolute atomic E-state index is 0.0453. The van der Waals surface area contributed by atoms with Crippen molar-refractivity contribution >= 4 is 39.4 Å². The van der Waals surface area contributed by atoms with Crippen LogP contribution in [0.25, 0.3) is 10.9 Å². The molecule has 1 aliphatic rings. The van der Waals surface area contributed by atoms with Crippen LogP contribution >= 0.6 is 11.8 Å². The van der Waals surface area contributed by atoms with Gasteiger partial charge in [0.25, 0.3) is 0 Å². The van der Waals surface area contributed by atoms with Crippen molar-refractivity contribution < 1.29 is 15.0 Å². The van der Waals surface area contributed by atoms with Crippen molar-refractivity contribution in [2.24, 2.45) is 4.99 Å². The summed E-state index contributed by atoms with van der Waals surface area (Å²) in [7, 11) is 0. The normalized spacial score (nSPS) is 19.2. The number of nitrogens with one attached hydrogen (secondary N) is 2. The van der Waals surface area contributed by atoms with E-state index in [0.717, 1.165) is 33.1 Å². The number of hydrogen-bond donors (Lipinski definition) is 4. The molecule has 3 rings (SSSR count). The number of carboxylic acid groups (broad SMARTS) is 1. The Balaban J connectivity index is 1.95. The van der Waals surface area contributed by atoms with Crippen molar-refractivity contribution in [2.75, 3.05) is 17.7 Å². The summed E-state index contributed by atoms with van der Waals surface area (Å²) in [6.07, 6.45) is 0. The summed E-state index contributed by atoms with van der Waals surface area (Å²) in [5.41, 5.74) is 2.51. The van der Waals surface area contributed by atoms with E-state index < -0.39 is 12.0 Å². The van der Waals surface area contributed by atoms with E-state index in [2.05, 4.69) is 15.3 Å². The van der Waals surface area contributed by atoms with Crippen LogP contribution in [0.2, 0.25) is 0 Å². The molecule has 4 N–H and O–H groups in total. The quantitative estimate of drug-likeness (QED) is 0.675. The maximum atomic E-state index is 11.0. The lowest BCUT2D eigenvalue weighted by molar-refractivity contribution is -0.137. The van der Waals surface area contributed by atoms with E-state index in [4.69, 9.17) is 10.2 Å². The number of hydrogen-bond acceptors (Lipinski definition) is 5. The molecule has 6 nitrogen and oxygen atoms in total. The molecule has 2 heterocycles. The van der Waals surface area contributed by atoms with Gasteiger partial charge < -0.3 is 20.5 Å². The van der Waals surface area contributed by atoms with Crippen LogP contribution in [0.4, 0.5) is 5.69 Å². The standard InChI is InChI=1S/C15H17N3O3S/c1-8(15(20)21)16-11-4-2-3-9-5-12(18-13(9)11)14-17-10(6-19)7-22-14/h2-5,8,10,16,18-19H,6-7H2,1H3,(H,20,21). The SMILES string of the molecule is CC(Nc1cccc2cc(C3=NC(CO)CS3)[nH]c12)C(=O)O. The van der Waals surface area contributed by atoms with Crippen molar-refractivity contribution in [3.63, 3.8) is 0 Å². The Morgan fingerprint density at radius 3 is 3.09 bits per heavy atom. The molecule has 0 saturated carbocycles. The summed E-state index contributed by atoms with van der Waals surface area (Å²) in [4.78, 5) is 18.8. The molecule has 22 heavy (non-hydrogen) atoms. The molecule has 0 bridgehead atoms. The van der Waals surface area contributed by atoms with Gasteiger partial charge in [0.15, 0.2) is 0 Å². The number of fused-ring (bicyclic) bond motifs is 1. The van der Waals surface area contributed by atoms with Gasteiger partial charge in [0, 0.05) is 11.1 Å². The van der Waals surface area contributed by atoms with Gasteiger partial charge in [-0.2, -0.15) is 0 Å². The molecular weight excluding hydrogens is 302 g/mol. The van der Waals surface area contributed by atoms with E-state index in [9.17, 15) is 4.79 Å². The number of carboxylic acids is 1. The van der Waals surface area contributed by atoms with Crippen LogP contribution in [0.3, 0.4) is 0 Å². The third-order valence-corrected chi connectivity index (χ3v) is 4.70. The van der Waals surface area contributed by atoms with Crippen LogP contribution < -0.4 is 5.32 Å². The number of nitrogens with zero attached hydrogens (tertiary/aromatic N) is 1. The average molecular weight is 319 g/mol. The largest absolute Gasteiger partial charge is 0.480 e. The van der Waals surface area contributed by atoms with Gasteiger partial charge in [0.05, 0.1) is 29.5 Å². The van der Waals surface area contributed by atoms with Crippen LogP contribution in [0.5, 0.6) is 0 Å². The first-order valence-corrected chi connectivity index (χ1v) is 8.00. The predicted octanol–water partition coefficient (Wildman–Crippen LogP) is 1.91. The number of anilines is 1. The van der Waals surface area contributed by atoms with Crippen molar-refractivity contribution in [3.05, 3.63) is 30.0 Å². The van der Waals surface area contributed by atoms with E-state index in [-0.39, 0.29) is 12.6 Å². The molecule has 0 aliphatic carbocycles. The van der Waals surface area contributed by atoms with E-state index in [1.165, 1.54) is 0 Å². The minimum Gasteiger partial charge on any atom is -0.480 e. The highest BCUT2D eigenvalue weighted by Gasteiger charge is 2.20. The van der Waals surface area contributed by atoms with Crippen LogP contribution in [-0.4, -0.2) is 50.7 Å². The Labute approximate surface area is 131 Å². The zero-order chi connectivity index (χ0) is 15.7. The van der Waals surface area contributed by atoms with Gasteiger partial charge >= 0.3 is 5.97 Å². The van der Waals surface area contributed by atoms with Gasteiger partial charge in [0.2, 0.25) is 0 Å². The van der Waals surface area contributed by atoms with Gasteiger partial charge in [-0.05, 0) is 19.1 Å². The summed E-state index contributed by atoms with van der Waals surface area (Å²) in [6.45, 7) is 1.66. The van der Waals surface area contributed by atoms with E-state index in [0.29, 0.717) is 0 Å². The zero-order valence-corrected chi connectivity index (χ0v) is 12.9. The second-order valence-corrected chi connectivity index (χ2v) is 6.25. The summed E-state index contributed by atoms with van der Waals surface area (Å²) < 4.78 is 0. The van der Waals surface area contributed by atoms with Gasteiger partial charge in [0.1, 0.15) is 11.1 Å². The van der Waals surface area contributed by atoms with Gasteiger partial charge in [-0.1, -0.05) is 12.1 Å². The van der Waals surface area contributed by atoms with Crippen LogP contribution in [-0.2, 0) is 4.79 Å². The maximum Gasteiger partial charge on any atom is 0.325 e. The third kappa shape index (κ3) is 2.82. The summed E-state index contributed by atoms with van der Waals surface area (Å²) >= 11 is 1.61. The average Bonchev–Trinajstić information content (AvgIpc) is 3.13. The van der Waals surface area contributed by atoms with Gasteiger partial charge in [-0.3, -0.25) is 9.79 Å². The highest BCUT2D eigenvalue weighted by Crippen LogP contribution is 2.29. The fourth-order valence-electron chi connectivity index (χ4n) is 2.34. The first kappa shape index (κ1) is 14.9. The predicted molar refractivity (Wildman–Crippen MR) is 88.9 cm³/mol. The summed E-state index contributed by atoms with van der Waals surface area (Å²) in [6, 6.07) is 6.98. The number of aliphatic hydroxyl groups excluding tert-OH is 1. The summed E-state index contributed by atoms with van der Waals surface area (Å²) in [5.74, 6) is -0.118. The van der Waals surface area contributed by atoms with E-state index >= 15 is 0 Å². The number of benzene rings is 1. The molecule has 2 unspecified atom stereocenters. The molecule has 2 atom stereocenters. The Hall–Kier alpha value is -1.99. The number of carbonyl (C=O) groups is 1. The molecule has 0 saturated heterocycles. The second kappa shape index (κ2) is 6.02. The van der Waals surface area contributed by atoms with Crippen molar-refractivity contribution in [1.82, 2.24) is 4.98 Å². The highest BCUT2D eigenvalue weighted by molar-refractivity contribution is 8.14. The number of aliphatic imine (C=N–C) groups is 1. The molecule has 2 aromatic rings. The van der Waals surface area contributed by atoms with Crippen molar-refractivity contribution in [3.8, 4) is 0 Å². The van der Waals surface area contributed by atoms with Gasteiger partial charge in [-0.15, -0.1) is 11.8 Å². The molecule has 7 heteroatoms. The molecule has 116 valence electrons. The lowest BCUT2D eigenvalue weighted by Crippen LogP contribution is -2.25. The Morgan fingerprint density at radius 2 is 2.41 bits per heavy atom. The number of aromatic nitrogens is 1. The first-order valence-electron chi connectivity index (χ1n) is 7.01.